The molecule has 2 heterocycles. The van der Waals surface area contributed by atoms with Crippen molar-refractivity contribution in [3.8, 4) is 0 Å². The summed E-state index contributed by atoms with van der Waals surface area (Å²) in [6.45, 7) is 5.77. The van der Waals surface area contributed by atoms with E-state index in [9.17, 15) is 27.9 Å². The van der Waals surface area contributed by atoms with Crippen molar-refractivity contribution in [2.45, 2.75) is 50.6 Å². The Morgan fingerprint density at radius 3 is 2.00 bits per heavy atom. The number of aromatic carboxylic acids is 1. The fourth-order valence-electron chi connectivity index (χ4n) is 4.82. The van der Waals surface area contributed by atoms with E-state index in [-0.39, 0.29) is 11.9 Å². The van der Waals surface area contributed by atoms with Crippen LogP contribution in [0.2, 0.25) is 0 Å². The average molecular weight is 514 g/mol. The van der Waals surface area contributed by atoms with Gasteiger partial charge in [0.1, 0.15) is 0 Å². The number of alkyl halides is 3. The van der Waals surface area contributed by atoms with Crippen molar-refractivity contribution in [2.24, 2.45) is 11.8 Å². The van der Waals surface area contributed by atoms with Crippen LogP contribution in [0.25, 0.3) is 0 Å². The predicted molar refractivity (Wildman–Crippen MR) is 126 cm³/mol. The molecule has 36 heavy (non-hydrogen) atoms. The number of nitrogens with one attached hydrogen (secondary N) is 1. The molecule has 1 aromatic rings. The fraction of sp³-hybridized carbons (Fsp3) is 0.640. The molecule has 1 aromatic carbocycles. The zero-order chi connectivity index (χ0) is 26.3. The summed E-state index contributed by atoms with van der Waals surface area (Å²) in [7, 11) is 0. The van der Waals surface area contributed by atoms with Crippen molar-refractivity contribution >= 4 is 18.0 Å². The molecule has 2 aliphatic heterocycles. The molecule has 0 atom stereocenters. The van der Waals surface area contributed by atoms with E-state index >= 15 is 0 Å². The molecule has 2 saturated heterocycles. The zero-order valence-corrected chi connectivity index (χ0v) is 20.2. The van der Waals surface area contributed by atoms with Crippen LogP contribution in [0.3, 0.4) is 0 Å². The van der Waals surface area contributed by atoms with E-state index in [0.29, 0.717) is 24.6 Å². The fourth-order valence-corrected chi connectivity index (χ4v) is 4.82. The second-order valence-corrected chi connectivity index (χ2v) is 9.83. The van der Waals surface area contributed by atoms with Gasteiger partial charge in [0, 0.05) is 26.2 Å². The minimum Gasteiger partial charge on any atom is -0.478 e. The molecule has 0 spiro atoms. The number of benzene rings is 1. The third kappa shape index (κ3) is 8.39. The summed E-state index contributed by atoms with van der Waals surface area (Å²) in [4.78, 5) is 37.4. The second kappa shape index (κ2) is 12.4. The van der Waals surface area contributed by atoms with Gasteiger partial charge in [-0.1, -0.05) is 18.2 Å². The lowest BCUT2D eigenvalue weighted by Gasteiger charge is -2.34. The highest BCUT2D eigenvalue weighted by atomic mass is 19.4. The maximum atomic E-state index is 12.6. The van der Waals surface area contributed by atoms with Crippen molar-refractivity contribution in [3.05, 3.63) is 35.4 Å². The van der Waals surface area contributed by atoms with Gasteiger partial charge in [-0.2, -0.15) is 13.2 Å². The topological polar surface area (TPSA) is 110 Å². The molecule has 3 N–H and O–H groups in total. The maximum absolute atomic E-state index is 12.6. The summed E-state index contributed by atoms with van der Waals surface area (Å²) in [6.07, 6.45) is 1.74. The lowest BCUT2D eigenvalue weighted by molar-refractivity contribution is -0.192. The van der Waals surface area contributed by atoms with Gasteiger partial charge in [0.15, 0.2) is 0 Å². The number of carboxylic acid groups (broad SMARTS) is 2. The summed E-state index contributed by atoms with van der Waals surface area (Å²) >= 11 is 0. The van der Waals surface area contributed by atoms with Gasteiger partial charge in [0.05, 0.1) is 5.56 Å². The SMILES string of the molecule is O=C(O)C(F)(F)F.O=C(O)c1ccccc1C1CCN(C(=O)NCC2CCN(CC3CC3)CC2)CC1. The number of likely N-dealkylation sites (tertiary alicyclic amines) is 2. The lowest BCUT2D eigenvalue weighted by Crippen LogP contribution is -2.46. The van der Waals surface area contributed by atoms with Gasteiger partial charge in [-0.15, -0.1) is 0 Å². The number of halogens is 3. The molecule has 4 rings (SSSR count). The molecule has 0 bridgehead atoms. The number of hydrogen-bond acceptors (Lipinski definition) is 4. The molecule has 11 heteroatoms. The number of hydrogen-bond donors (Lipinski definition) is 3. The summed E-state index contributed by atoms with van der Waals surface area (Å²) in [5.74, 6) is -1.87. The number of carbonyl (C=O) groups is 3. The summed E-state index contributed by atoms with van der Waals surface area (Å²) in [5, 5.41) is 19.7. The summed E-state index contributed by atoms with van der Waals surface area (Å²) < 4.78 is 31.7. The molecule has 0 radical (unpaired) electrons. The van der Waals surface area contributed by atoms with Crippen LogP contribution in [-0.2, 0) is 4.79 Å². The van der Waals surface area contributed by atoms with Crippen LogP contribution in [0.5, 0.6) is 0 Å². The number of amides is 2. The van der Waals surface area contributed by atoms with Crippen molar-refractivity contribution in [1.82, 2.24) is 15.1 Å². The van der Waals surface area contributed by atoms with E-state index in [2.05, 4.69) is 10.2 Å². The minimum atomic E-state index is -5.08. The van der Waals surface area contributed by atoms with Crippen LogP contribution in [0.1, 0.15) is 60.4 Å². The zero-order valence-electron chi connectivity index (χ0n) is 20.2. The monoisotopic (exact) mass is 513 g/mol. The largest absolute Gasteiger partial charge is 0.490 e. The molecule has 2 amide bonds. The molecule has 0 aromatic heterocycles. The van der Waals surface area contributed by atoms with E-state index in [4.69, 9.17) is 9.90 Å². The number of rotatable bonds is 6. The van der Waals surface area contributed by atoms with E-state index in [0.717, 1.165) is 30.9 Å². The Kier molecular flexibility index (Phi) is 9.58. The summed E-state index contributed by atoms with van der Waals surface area (Å²) in [5.41, 5.74) is 1.29. The number of aliphatic carboxylic acids is 1. The Labute approximate surface area is 208 Å². The van der Waals surface area contributed by atoms with Crippen molar-refractivity contribution in [1.29, 1.82) is 0 Å². The highest BCUT2D eigenvalue weighted by molar-refractivity contribution is 5.89. The van der Waals surface area contributed by atoms with E-state index in [1.54, 1.807) is 12.1 Å². The molecular weight excluding hydrogens is 479 g/mol. The molecule has 3 aliphatic rings. The average Bonchev–Trinajstić information content (AvgIpc) is 3.67. The molecule has 3 fully saturated rings. The van der Waals surface area contributed by atoms with Gasteiger partial charge in [-0.25, -0.2) is 14.4 Å². The van der Waals surface area contributed by atoms with Gasteiger partial charge in [0.2, 0.25) is 0 Å². The molecule has 200 valence electrons. The van der Waals surface area contributed by atoms with Gasteiger partial charge in [-0.3, -0.25) is 0 Å². The van der Waals surface area contributed by atoms with E-state index in [1.165, 1.54) is 45.3 Å². The first-order valence-electron chi connectivity index (χ1n) is 12.4. The molecule has 1 saturated carbocycles. The normalized spacial score (nSPS) is 19.8. The quantitative estimate of drug-likeness (QED) is 0.530. The Hall–Kier alpha value is -2.82. The smallest absolute Gasteiger partial charge is 0.478 e. The first kappa shape index (κ1) is 27.8. The van der Waals surface area contributed by atoms with Gasteiger partial charge >= 0.3 is 24.1 Å². The van der Waals surface area contributed by atoms with Gasteiger partial charge < -0.3 is 25.3 Å². The maximum Gasteiger partial charge on any atom is 0.490 e. The van der Waals surface area contributed by atoms with E-state index < -0.39 is 18.1 Å². The van der Waals surface area contributed by atoms with Crippen molar-refractivity contribution in [3.63, 3.8) is 0 Å². The first-order valence-corrected chi connectivity index (χ1v) is 12.4. The Bertz CT molecular complexity index is 906. The van der Waals surface area contributed by atoms with Gasteiger partial charge in [-0.05, 0) is 81.0 Å². The number of urea groups is 1. The molecular formula is C25H34F3N3O5. The predicted octanol–water partition coefficient (Wildman–Crippen LogP) is 4.03. The lowest BCUT2D eigenvalue weighted by atomic mass is 9.86. The first-order chi connectivity index (χ1) is 17.0. The Morgan fingerprint density at radius 2 is 1.47 bits per heavy atom. The van der Waals surface area contributed by atoms with E-state index in [1.807, 2.05) is 17.0 Å². The number of piperidine rings is 2. The van der Waals surface area contributed by atoms with Crippen LogP contribution in [0.15, 0.2) is 24.3 Å². The standard InChI is InChI=1S/C23H33N3O3.C2HF3O2/c27-22(28)21-4-2-1-3-20(21)19-9-13-26(14-10-19)23(29)24-15-17-7-11-25(12-8-17)16-18-5-6-18;3-2(4,5)1(6)7/h1-4,17-19H,5-16H2,(H,24,29)(H,27,28);(H,6,7). The summed E-state index contributed by atoms with van der Waals surface area (Å²) in [6, 6.07) is 7.30. The van der Waals surface area contributed by atoms with Crippen LogP contribution in [0, 0.1) is 11.8 Å². The van der Waals surface area contributed by atoms with Crippen LogP contribution >= 0.6 is 0 Å². The second-order valence-electron chi connectivity index (χ2n) is 9.83. The third-order valence-corrected chi connectivity index (χ3v) is 7.12. The minimum absolute atomic E-state index is 0.0374. The highest BCUT2D eigenvalue weighted by Gasteiger charge is 2.38. The van der Waals surface area contributed by atoms with Crippen molar-refractivity contribution in [2.75, 3.05) is 39.3 Å². The molecule has 8 nitrogen and oxygen atoms in total. The van der Waals surface area contributed by atoms with Gasteiger partial charge in [0.25, 0.3) is 0 Å². The third-order valence-electron chi connectivity index (χ3n) is 7.12. The number of nitrogens with zero attached hydrogens (tertiary/aromatic N) is 2. The Morgan fingerprint density at radius 1 is 0.889 bits per heavy atom. The number of carboxylic acids is 2. The highest BCUT2D eigenvalue weighted by Crippen LogP contribution is 2.32. The molecule has 1 aliphatic carbocycles. The van der Waals surface area contributed by atoms with Crippen LogP contribution < -0.4 is 5.32 Å². The molecule has 0 unspecified atom stereocenters. The van der Waals surface area contributed by atoms with Crippen LogP contribution in [0.4, 0.5) is 18.0 Å². The number of carbonyl (C=O) groups excluding carboxylic acids is 1. The van der Waals surface area contributed by atoms with Crippen LogP contribution in [-0.4, -0.2) is 83.4 Å². The Balaban J connectivity index is 0.000000454. The van der Waals surface area contributed by atoms with Crippen molar-refractivity contribution < 1.29 is 37.8 Å².